The maximum atomic E-state index is 5.33. The van der Waals surface area contributed by atoms with Crippen molar-refractivity contribution in [2.24, 2.45) is 11.1 Å². The Morgan fingerprint density at radius 3 is 2.57 bits per heavy atom. The van der Waals surface area contributed by atoms with Crippen molar-refractivity contribution in [3.8, 4) is 0 Å². The molecular weight excluding hydrogens is 194 g/mol. The minimum Gasteiger partial charge on any atom is -0.381 e. The number of oxime groups is 1. The zero-order chi connectivity index (χ0) is 9.97. The second-order valence-electron chi connectivity index (χ2n) is 3.34. The molecule has 0 spiro atoms. The first-order valence-corrected chi connectivity index (χ1v) is 5.93. The normalized spacial score (nSPS) is 25.7. The van der Waals surface area contributed by atoms with Crippen LogP contribution >= 0.6 is 11.8 Å². The highest BCUT2D eigenvalue weighted by atomic mass is 32.2. The highest BCUT2D eigenvalue weighted by Gasteiger charge is 2.30. The van der Waals surface area contributed by atoms with Gasteiger partial charge in [0.25, 0.3) is 0 Å². The fourth-order valence-corrected chi connectivity index (χ4v) is 2.25. The molecule has 0 saturated carbocycles. The van der Waals surface area contributed by atoms with E-state index in [9.17, 15) is 0 Å². The van der Waals surface area contributed by atoms with E-state index in [0.717, 1.165) is 11.3 Å². The minimum atomic E-state index is 0.171. The summed E-state index contributed by atoms with van der Waals surface area (Å²) in [5.41, 5.74) is 2.40. The van der Waals surface area contributed by atoms with Crippen molar-refractivity contribution in [3.63, 3.8) is 0 Å². The van der Waals surface area contributed by atoms with Gasteiger partial charge in [0.05, 0.1) is 11.6 Å². The van der Waals surface area contributed by atoms with Crippen LogP contribution in [0.25, 0.3) is 0 Å². The average molecular weight is 207 g/mol. The molecule has 1 aromatic carbocycles. The van der Waals surface area contributed by atoms with E-state index in [2.05, 4.69) is 24.2 Å². The fraction of sp³-hybridized carbons (Fsp3) is 0.364. The van der Waals surface area contributed by atoms with Crippen molar-refractivity contribution < 1.29 is 4.84 Å². The molecule has 0 unspecified atom stereocenters. The van der Waals surface area contributed by atoms with Crippen LogP contribution in [0.1, 0.15) is 12.5 Å². The number of thioether (sulfide) groups is 1. The van der Waals surface area contributed by atoms with E-state index in [1.165, 1.54) is 0 Å². The maximum absolute atomic E-state index is 5.33. The van der Waals surface area contributed by atoms with Gasteiger partial charge in [-0.25, -0.2) is 0 Å². The summed E-state index contributed by atoms with van der Waals surface area (Å²) in [6, 6.07) is 10.2. The fourth-order valence-electron chi connectivity index (χ4n) is 1.58. The molecule has 0 saturated heterocycles. The molecule has 0 aliphatic carbocycles. The van der Waals surface area contributed by atoms with Crippen LogP contribution in [0.4, 0.5) is 0 Å². The molecule has 1 aliphatic heterocycles. The average Bonchev–Trinajstić information content (AvgIpc) is 2.61. The summed E-state index contributed by atoms with van der Waals surface area (Å²) >= 11 is 1.70. The number of hydrogen-bond donors (Lipinski definition) is 0. The lowest BCUT2D eigenvalue weighted by Crippen LogP contribution is -2.17. The lowest BCUT2D eigenvalue weighted by molar-refractivity contribution is 0.131. The third-order valence-corrected chi connectivity index (χ3v) is 3.36. The van der Waals surface area contributed by atoms with Gasteiger partial charge in [0.15, 0.2) is 5.44 Å². The molecule has 0 radical (unpaired) electrons. The van der Waals surface area contributed by atoms with Crippen LogP contribution < -0.4 is 0 Å². The first-order chi connectivity index (χ1) is 6.83. The van der Waals surface area contributed by atoms with E-state index in [0.29, 0.717) is 5.92 Å². The van der Waals surface area contributed by atoms with E-state index in [1.807, 2.05) is 24.5 Å². The Kier molecular flexibility index (Phi) is 2.77. The van der Waals surface area contributed by atoms with Crippen LogP contribution in [0.5, 0.6) is 0 Å². The van der Waals surface area contributed by atoms with Crippen LogP contribution in [0.15, 0.2) is 35.5 Å². The van der Waals surface area contributed by atoms with E-state index in [-0.39, 0.29) is 5.44 Å². The Hall–Kier alpha value is -0.960. The summed E-state index contributed by atoms with van der Waals surface area (Å²) < 4.78 is 0. The van der Waals surface area contributed by atoms with Crippen LogP contribution in [-0.4, -0.2) is 17.4 Å². The molecule has 2 atom stereocenters. The van der Waals surface area contributed by atoms with Gasteiger partial charge in [0.2, 0.25) is 0 Å². The second-order valence-corrected chi connectivity index (χ2v) is 4.28. The van der Waals surface area contributed by atoms with Crippen molar-refractivity contribution >= 4 is 17.5 Å². The minimum absolute atomic E-state index is 0.171. The molecule has 0 fully saturated rings. The summed E-state index contributed by atoms with van der Waals surface area (Å²) in [5, 5.41) is 4.14. The number of hydrogen-bond acceptors (Lipinski definition) is 3. The number of rotatable bonds is 2. The third-order valence-electron chi connectivity index (χ3n) is 2.40. The maximum Gasteiger partial charge on any atom is 0.180 e. The summed E-state index contributed by atoms with van der Waals surface area (Å²) in [7, 11) is 0. The van der Waals surface area contributed by atoms with Crippen molar-refractivity contribution in [3.05, 3.63) is 35.9 Å². The molecule has 1 aromatic rings. The first kappa shape index (κ1) is 9.59. The SMILES string of the molecule is CS[C@H]1ON=C(c2ccccc2)[C@H]1C. The smallest absolute Gasteiger partial charge is 0.180 e. The van der Waals surface area contributed by atoms with Gasteiger partial charge < -0.3 is 4.84 Å². The zero-order valence-electron chi connectivity index (χ0n) is 8.31. The molecule has 1 aliphatic rings. The van der Waals surface area contributed by atoms with E-state index in [1.54, 1.807) is 11.8 Å². The lowest BCUT2D eigenvalue weighted by Gasteiger charge is -2.11. The standard InChI is InChI=1S/C11H13NOS/c1-8-10(12-13-11(8)14-2)9-6-4-3-5-7-9/h3-8,11H,1-2H3/t8-,11-/m1/s1. The Morgan fingerprint density at radius 1 is 1.29 bits per heavy atom. The quantitative estimate of drug-likeness (QED) is 0.743. The van der Waals surface area contributed by atoms with Crippen LogP contribution in [0, 0.1) is 5.92 Å². The number of benzene rings is 1. The van der Waals surface area contributed by atoms with Gasteiger partial charge >= 0.3 is 0 Å². The Bertz CT molecular complexity index is 336. The Labute approximate surface area is 88.3 Å². The highest BCUT2D eigenvalue weighted by molar-refractivity contribution is 7.99. The van der Waals surface area contributed by atoms with Gasteiger partial charge in [0, 0.05) is 0 Å². The van der Waals surface area contributed by atoms with Crippen molar-refractivity contribution in [2.45, 2.75) is 12.4 Å². The Balaban J connectivity index is 2.22. The monoisotopic (exact) mass is 207 g/mol. The molecule has 1 heterocycles. The van der Waals surface area contributed by atoms with Gasteiger partial charge in [-0.05, 0) is 11.8 Å². The van der Waals surface area contributed by atoms with Gasteiger partial charge in [0.1, 0.15) is 0 Å². The summed E-state index contributed by atoms with van der Waals surface area (Å²) in [6.45, 7) is 2.15. The molecule has 0 aromatic heterocycles. The Morgan fingerprint density at radius 2 is 2.00 bits per heavy atom. The molecular formula is C11H13NOS. The molecule has 0 N–H and O–H groups in total. The van der Waals surface area contributed by atoms with Gasteiger partial charge in [-0.15, -0.1) is 11.8 Å². The molecule has 14 heavy (non-hydrogen) atoms. The highest BCUT2D eigenvalue weighted by Crippen LogP contribution is 2.28. The van der Waals surface area contributed by atoms with Crippen LogP contribution in [0.3, 0.4) is 0 Å². The van der Waals surface area contributed by atoms with Crippen molar-refractivity contribution in [2.75, 3.05) is 6.26 Å². The molecule has 74 valence electrons. The van der Waals surface area contributed by atoms with Gasteiger partial charge in [-0.3, -0.25) is 0 Å². The predicted octanol–water partition coefficient (Wildman–Crippen LogP) is 2.75. The van der Waals surface area contributed by atoms with Crippen LogP contribution in [-0.2, 0) is 4.84 Å². The molecule has 0 bridgehead atoms. The second kappa shape index (κ2) is 4.05. The van der Waals surface area contributed by atoms with Crippen molar-refractivity contribution in [1.82, 2.24) is 0 Å². The van der Waals surface area contributed by atoms with Crippen molar-refractivity contribution in [1.29, 1.82) is 0 Å². The predicted molar refractivity (Wildman–Crippen MR) is 60.5 cm³/mol. The number of nitrogens with zero attached hydrogens (tertiary/aromatic N) is 1. The van der Waals surface area contributed by atoms with Gasteiger partial charge in [-0.2, -0.15) is 0 Å². The zero-order valence-corrected chi connectivity index (χ0v) is 9.12. The summed E-state index contributed by atoms with van der Waals surface area (Å²) in [6.07, 6.45) is 2.05. The van der Waals surface area contributed by atoms with E-state index >= 15 is 0 Å². The topological polar surface area (TPSA) is 21.6 Å². The first-order valence-electron chi connectivity index (χ1n) is 4.65. The molecule has 2 nitrogen and oxygen atoms in total. The van der Waals surface area contributed by atoms with Crippen LogP contribution in [0.2, 0.25) is 0 Å². The van der Waals surface area contributed by atoms with E-state index in [4.69, 9.17) is 4.84 Å². The molecule has 3 heteroatoms. The third kappa shape index (κ3) is 1.64. The van der Waals surface area contributed by atoms with Gasteiger partial charge in [-0.1, -0.05) is 42.4 Å². The molecule has 2 rings (SSSR count). The summed E-state index contributed by atoms with van der Waals surface area (Å²) in [4.78, 5) is 5.33. The lowest BCUT2D eigenvalue weighted by atomic mass is 10.00. The summed E-state index contributed by atoms with van der Waals surface area (Å²) in [5.74, 6) is 0.368. The molecule has 0 amide bonds. The largest absolute Gasteiger partial charge is 0.381 e. The van der Waals surface area contributed by atoms with E-state index < -0.39 is 0 Å².